The van der Waals surface area contributed by atoms with Crippen LogP contribution in [0.25, 0.3) is 81.2 Å². The zero-order valence-corrected chi connectivity index (χ0v) is 63.0. The van der Waals surface area contributed by atoms with Gasteiger partial charge in [0.1, 0.15) is 24.0 Å². The number of pyridine rings is 1. The fourth-order valence-corrected chi connectivity index (χ4v) is 15.6. The van der Waals surface area contributed by atoms with E-state index in [1.807, 2.05) is 18.3 Å². The van der Waals surface area contributed by atoms with Crippen LogP contribution in [0, 0.1) is 11.3 Å². The maximum Gasteiger partial charge on any atom is 0.137 e. The van der Waals surface area contributed by atoms with Gasteiger partial charge in [0.2, 0.25) is 0 Å². The number of nitriles is 1. The molecule has 500 valence electrons. The summed E-state index contributed by atoms with van der Waals surface area (Å²) in [5.74, 6) is 2.83. The SMILES string of the molecule is CC(C)c1cccc(C(C)C)c1-c1cc(Oc2ccc3c4c5sc6ccc(C#N)cc6c5ccc4n(-c4cc(C(C)(C)C)ccn4)c3c2)cc(N2CN(c3c(-c4cc(C(C)(C)C)cc(C(C)(C)C)c4)cc(C(C)(C)C)cc3-c3cc(C(C)(C)C)cc(C(C)(C)C)c3)c3ccccc32)c1. The maximum atomic E-state index is 10.0. The lowest BCUT2D eigenvalue weighted by Gasteiger charge is -2.33. The lowest BCUT2D eigenvalue weighted by atomic mass is 9.76. The Balaban J connectivity index is 1.06. The molecule has 0 saturated heterocycles. The van der Waals surface area contributed by atoms with Gasteiger partial charge in [-0.05, 0) is 196 Å². The first-order chi connectivity index (χ1) is 45.9. The van der Waals surface area contributed by atoms with Crippen molar-refractivity contribution >= 4 is 76.1 Å². The third-order valence-corrected chi connectivity index (χ3v) is 21.6. The van der Waals surface area contributed by atoms with Crippen LogP contribution in [0.5, 0.6) is 11.5 Å². The molecule has 0 aliphatic carbocycles. The number of benzene rings is 9. The molecular weight excluding hydrogens is 1210 g/mol. The summed E-state index contributed by atoms with van der Waals surface area (Å²) in [6.45, 7) is 51.9. The van der Waals surface area contributed by atoms with Crippen molar-refractivity contribution in [3.63, 3.8) is 0 Å². The largest absolute Gasteiger partial charge is 0.457 e. The van der Waals surface area contributed by atoms with Gasteiger partial charge in [0, 0.05) is 66.1 Å². The summed E-state index contributed by atoms with van der Waals surface area (Å²) in [4.78, 5) is 10.3. The number of para-hydroxylation sites is 2. The molecule has 1 aliphatic heterocycles. The van der Waals surface area contributed by atoms with E-state index in [0.717, 1.165) is 77.2 Å². The lowest BCUT2D eigenvalue weighted by Crippen LogP contribution is -2.26. The van der Waals surface area contributed by atoms with Gasteiger partial charge in [0.15, 0.2) is 0 Å². The van der Waals surface area contributed by atoms with Crippen LogP contribution in [0.15, 0.2) is 176 Å². The molecule has 13 rings (SSSR count). The Morgan fingerprint density at radius 2 is 0.980 bits per heavy atom. The summed E-state index contributed by atoms with van der Waals surface area (Å²) in [5, 5.41) is 14.5. The Bertz CT molecular complexity index is 5000. The molecule has 0 spiro atoms. The van der Waals surface area contributed by atoms with Crippen molar-refractivity contribution in [2.75, 3.05) is 16.5 Å². The molecule has 3 aromatic heterocycles. The van der Waals surface area contributed by atoms with E-state index in [-0.39, 0.29) is 44.3 Å². The van der Waals surface area contributed by atoms with Crippen LogP contribution in [-0.4, -0.2) is 16.2 Å². The number of hydrogen-bond acceptors (Lipinski definition) is 6. The van der Waals surface area contributed by atoms with Gasteiger partial charge in [-0.15, -0.1) is 11.3 Å². The van der Waals surface area contributed by atoms with Crippen molar-refractivity contribution in [2.24, 2.45) is 0 Å². The molecule has 0 amide bonds. The molecule has 4 heterocycles. The highest BCUT2D eigenvalue weighted by Gasteiger charge is 2.36. The second kappa shape index (κ2) is 24.2. The minimum Gasteiger partial charge on any atom is -0.457 e. The van der Waals surface area contributed by atoms with Crippen LogP contribution < -0.4 is 14.5 Å². The Morgan fingerprint density at radius 1 is 0.449 bits per heavy atom. The van der Waals surface area contributed by atoms with E-state index in [4.69, 9.17) is 9.72 Å². The average molecular weight is 1310 g/mol. The predicted molar refractivity (Wildman–Crippen MR) is 421 cm³/mol. The highest BCUT2D eigenvalue weighted by Crippen LogP contribution is 2.55. The molecule has 0 fully saturated rings. The third-order valence-electron chi connectivity index (χ3n) is 20.4. The minimum atomic E-state index is -0.178. The van der Waals surface area contributed by atoms with Gasteiger partial charge in [-0.25, -0.2) is 4.98 Å². The van der Waals surface area contributed by atoms with E-state index < -0.39 is 0 Å². The molecule has 0 bridgehead atoms. The molecule has 12 aromatic rings. The quantitative estimate of drug-likeness (QED) is 0.137. The highest BCUT2D eigenvalue weighted by atomic mass is 32.1. The van der Waals surface area contributed by atoms with E-state index in [1.165, 1.54) is 82.7 Å². The van der Waals surface area contributed by atoms with Gasteiger partial charge in [-0.1, -0.05) is 225 Å². The molecule has 7 heteroatoms. The van der Waals surface area contributed by atoms with Gasteiger partial charge in [-0.3, -0.25) is 4.57 Å². The van der Waals surface area contributed by atoms with Gasteiger partial charge in [0.05, 0.1) is 39.7 Å². The minimum absolute atomic E-state index is 0.106. The van der Waals surface area contributed by atoms with Crippen molar-refractivity contribution in [3.05, 3.63) is 226 Å². The molecule has 0 radical (unpaired) electrons. The zero-order valence-electron chi connectivity index (χ0n) is 62.2. The maximum absolute atomic E-state index is 10.0. The van der Waals surface area contributed by atoms with Gasteiger partial charge in [0.25, 0.3) is 0 Å². The van der Waals surface area contributed by atoms with E-state index in [0.29, 0.717) is 12.2 Å². The number of aromatic nitrogens is 2. The summed E-state index contributed by atoms with van der Waals surface area (Å²) in [6, 6.07) is 66.8. The van der Waals surface area contributed by atoms with E-state index >= 15 is 0 Å². The average Bonchev–Trinajstić information content (AvgIpc) is 1.53. The molecule has 0 unspecified atom stereocenters. The van der Waals surface area contributed by atoms with Crippen molar-refractivity contribution in [2.45, 2.75) is 197 Å². The van der Waals surface area contributed by atoms with E-state index in [9.17, 15) is 5.26 Å². The van der Waals surface area contributed by atoms with Crippen LogP contribution in [0.3, 0.4) is 0 Å². The smallest absolute Gasteiger partial charge is 0.137 e. The Labute approximate surface area is 588 Å². The summed E-state index contributed by atoms with van der Waals surface area (Å²) in [6.07, 6.45) is 1.95. The molecule has 0 N–H and O–H groups in total. The van der Waals surface area contributed by atoms with Crippen LogP contribution in [0.4, 0.5) is 22.7 Å². The Hall–Kier alpha value is -8.96. The first kappa shape index (κ1) is 67.6. The predicted octanol–water partition coefficient (Wildman–Crippen LogP) is 26.5. The van der Waals surface area contributed by atoms with Crippen LogP contribution >= 0.6 is 11.3 Å². The van der Waals surface area contributed by atoms with Gasteiger partial charge < -0.3 is 14.5 Å². The van der Waals surface area contributed by atoms with Crippen molar-refractivity contribution < 1.29 is 4.74 Å². The molecule has 6 nitrogen and oxygen atoms in total. The molecule has 1 aliphatic rings. The second-order valence-electron chi connectivity index (χ2n) is 34.6. The van der Waals surface area contributed by atoms with Gasteiger partial charge >= 0.3 is 0 Å². The number of anilines is 4. The topological polar surface area (TPSA) is 57.3 Å². The number of ether oxygens (including phenoxy) is 1. The third kappa shape index (κ3) is 12.5. The summed E-state index contributed by atoms with van der Waals surface area (Å²) >= 11 is 1.78. The number of thiophene rings is 1. The Morgan fingerprint density at radius 3 is 1.51 bits per heavy atom. The normalized spacial score (nSPS) is 13.5. The second-order valence-corrected chi connectivity index (χ2v) is 35.7. The van der Waals surface area contributed by atoms with Crippen molar-refractivity contribution in [1.82, 2.24) is 9.55 Å². The van der Waals surface area contributed by atoms with Crippen LogP contribution in [0.1, 0.15) is 214 Å². The summed E-state index contributed by atoms with van der Waals surface area (Å²) < 4.78 is 12.2. The van der Waals surface area contributed by atoms with Gasteiger partial charge in [-0.2, -0.15) is 5.26 Å². The molecular formula is C91H99N5OS. The fraction of sp³-hybridized carbons (Fsp3) is 0.341. The van der Waals surface area contributed by atoms with E-state index in [1.54, 1.807) is 11.3 Å². The number of fused-ring (bicyclic) bond motifs is 8. The first-order valence-electron chi connectivity index (χ1n) is 35.4. The first-order valence-corrected chi connectivity index (χ1v) is 36.2. The van der Waals surface area contributed by atoms with Crippen LogP contribution in [-0.2, 0) is 32.5 Å². The highest BCUT2D eigenvalue weighted by molar-refractivity contribution is 7.26. The number of nitrogens with zero attached hydrogens (tertiary/aromatic N) is 5. The number of rotatable bonds is 10. The van der Waals surface area contributed by atoms with Crippen LogP contribution in [0.2, 0.25) is 0 Å². The summed E-state index contributed by atoms with van der Waals surface area (Å²) in [5.41, 5.74) is 24.2. The number of hydrogen-bond donors (Lipinski definition) is 0. The summed E-state index contributed by atoms with van der Waals surface area (Å²) in [7, 11) is 0. The Kier molecular flexibility index (Phi) is 16.7. The lowest BCUT2D eigenvalue weighted by molar-refractivity contribution is 0.483. The monoisotopic (exact) mass is 1310 g/mol. The fourth-order valence-electron chi connectivity index (χ4n) is 14.4. The standard InChI is InChI=1S/C91H99N5OS/c1-54(2)69-26-25-27-70(55(3)4)82(69)59-43-66(50-68(44-59)97-67-31-32-72-79(51-67)96(81-49-60(36-37-93-81)86(5,6)7)78-34-33-71-75-38-56(52-92)30-35-80(75)98-85(71)83(72)78)94-53-95(77-29-24-23-28-76(77)94)84-73(57-39-61(87(8,9)10)45-62(40-57)88(11,12)13)47-65(91(20,21)22)48-74(84)58-41-63(89(14,15)16)46-64(42-58)90(17,18)19/h23-51,54-55H,53H2,1-22H3. The molecule has 0 atom stereocenters. The molecule has 98 heavy (non-hydrogen) atoms. The van der Waals surface area contributed by atoms with Crippen molar-refractivity contribution in [1.29, 1.82) is 5.26 Å². The zero-order chi connectivity index (χ0) is 70.2. The van der Waals surface area contributed by atoms with E-state index in [2.05, 4.69) is 330 Å². The molecule has 0 saturated carbocycles. The molecule has 9 aromatic carbocycles. The van der Waals surface area contributed by atoms with Crippen molar-refractivity contribution in [3.8, 4) is 56.8 Å².